The van der Waals surface area contributed by atoms with Gasteiger partial charge in [-0.1, -0.05) is 11.6 Å². The number of halogens is 3. The fraction of sp³-hybridized carbons (Fsp3) is 0.304. The van der Waals surface area contributed by atoms with Gasteiger partial charge in [-0.2, -0.15) is 4.31 Å². The summed E-state index contributed by atoms with van der Waals surface area (Å²) in [6.07, 6.45) is 0.0669. The van der Waals surface area contributed by atoms with Crippen molar-refractivity contribution in [1.82, 2.24) is 28.9 Å². The van der Waals surface area contributed by atoms with Crippen molar-refractivity contribution >= 4 is 59.0 Å². The third kappa shape index (κ3) is 3.83. The van der Waals surface area contributed by atoms with Gasteiger partial charge < -0.3 is 0 Å². The Bertz CT molecular complexity index is 1730. The SMILES string of the molecule is Cc1cc(C(F)F)nc2sc3c(ncn4nc(C5CCN(S(=O)(=O)c6ccc(Cl)cc6)CC5)nc34)c12. The molecule has 5 aromatic rings. The highest BCUT2D eigenvalue weighted by Crippen LogP contribution is 2.37. The third-order valence-electron chi connectivity index (χ3n) is 6.49. The van der Waals surface area contributed by atoms with E-state index in [0.717, 1.165) is 10.1 Å². The number of alkyl halides is 2. The summed E-state index contributed by atoms with van der Waals surface area (Å²) in [7, 11) is -3.61. The molecule has 0 saturated carbocycles. The van der Waals surface area contributed by atoms with Gasteiger partial charge in [0.15, 0.2) is 11.5 Å². The molecule has 0 unspecified atom stereocenters. The molecule has 1 aliphatic heterocycles. The number of nitrogens with zero attached hydrogens (tertiary/aromatic N) is 6. The summed E-state index contributed by atoms with van der Waals surface area (Å²) in [6, 6.07) is 7.55. The average molecular weight is 549 g/mol. The lowest BCUT2D eigenvalue weighted by Crippen LogP contribution is -2.38. The van der Waals surface area contributed by atoms with Crippen LogP contribution in [0.25, 0.3) is 26.1 Å². The lowest BCUT2D eigenvalue weighted by atomic mass is 9.98. The number of thiophene rings is 1. The van der Waals surface area contributed by atoms with Crippen molar-refractivity contribution in [2.75, 3.05) is 13.1 Å². The smallest absolute Gasteiger partial charge is 0.236 e. The normalized spacial score (nSPS) is 16.1. The van der Waals surface area contributed by atoms with Crippen LogP contribution in [0.2, 0.25) is 5.02 Å². The molecule has 186 valence electrons. The zero-order valence-corrected chi connectivity index (χ0v) is 21.3. The molecule has 4 aromatic heterocycles. The van der Waals surface area contributed by atoms with Crippen LogP contribution in [-0.2, 0) is 10.0 Å². The van der Waals surface area contributed by atoms with Gasteiger partial charge in [0.1, 0.15) is 21.6 Å². The second kappa shape index (κ2) is 8.65. The van der Waals surface area contributed by atoms with Gasteiger partial charge in [-0.3, -0.25) is 0 Å². The first-order valence-corrected chi connectivity index (χ1v) is 13.8. The standard InChI is InChI=1S/C23H19ClF2N6O2S2/c1-12-10-16(20(25)26)28-23-17(12)18-19(35-23)22-29-21(30-32(22)11-27-18)13-6-8-31(9-7-13)36(33,34)15-4-2-14(24)3-5-15/h2-5,10-11,13,20H,6-9H2,1H3. The summed E-state index contributed by atoms with van der Waals surface area (Å²) >= 11 is 7.16. The van der Waals surface area contributed by atoms with E-state index in [1.54, 1.807) is 29.9 Å². The fourth-order valence-corrected chi connectivity index (χ4v) is 7.43. The Hall–Kier alpha value is -2.80. The average Bonchev–Trinajstić information content (AvgIpc) is 3.46. The van der Waals surface area contributed by atoms with Crippen LogP contribution in [0.3, 0.4) is 0 Å². The molecule has 0 bridgehead atoms. The molecule has 0 atom stereocenters. The van der Waals surface area contributed by atoms with Crippen molar-refractivity contribution < 1.29 is 17.2 Å². The number of hydrogen-bond donors (Lipinski definition) is 0. The summed E-state index contributed by atoms with van der Waals surface area (Å²) in [6.45, 7) is 2.47. The topological polar surface area (TPSA) is 93.4 Å². The Morgan fingerprint density at radius 2 is 1.86 bits per heavy atom. The molecule has 5 heterocycles. The van der Waals surface area contributed by atoms with E-state index in [2.05, 4.69) is 15.1 Å². The van der Waals surface area contributed by atoms with Crippen molar-refractivity contribution in [1.29, 1.82) is 0 Å². The van der Waals surface area contributed by atoms with Gasteiger partial charge in [-0.05, 0) is 55.7 Å². The summed E-state index contributed by atoms with van der Waals surface area (Å²) in [5, 5.41) is 5.83. The van der Waals surface area contributed by atoms with Gasteiger partial charge >= 0.3 is 0 Å². The minimum atomic E-state index is -3.61. The second-order valence-corrected chi connectivity index (χ2v) is 12.1. The van der Waals surface area contributed by atoms with Gasteiger partial charge in [-0.15, -0.1) is 16.4 Å². The zero-order valence-electron chi connectivity index (χ0n) is 18.9. The lowest BCUT2D eigenvalue weighted by Gasteiger charge is -2.29. The van der Waals surface area contributed by atoms with E-state index in [0.29, 0.717) is 58.3 Å². The predicted molar refractivity (Wildman–Crippen MR) is 133 cm³/mol. The van der Waals surface area contributed by atoms with E-state index in [9.17, 15) is 17.2 Å². The molecule has 0 spiro atoms. The van der Waals surface area contributed by atoms with E-state index in [-0.39, 0.29) is 16.5 Å². The molecule has 0 N–H and O–H groups in total. The second-order valence-electron chi connectivity index (χ2n) is 8.74. The first kappa shape index (κ1) is 23.6. The molecule has 1 aromatic carbocycles. The fourth-order valence-electron chi connectivity index (χ4n) is 4.65. The van der Waals surface area contributed by atoms with Crippen LogP contribution in [-0.4, -0.2) is 50.4 Å². The number of fused-ring (bicyclic) bond motifs is 5. The van der Waals surface area contributed by atoms with Gasteiger partial charge in [0.05, 0.1) is 10.4 Å². The molecule has 0 radical (unpaired) electrons. The van der Waals surface area contributed by atoms with Crippen LogP contribution in [0.5, 0.6) is 0 Å². The highest BCUT2D eigenvalue weighted by Gasteiger charge is 2.32. The maximum absolute atomic E-state index is 13.3. The molecule has 13 heteroatoms. The summed E-state index contributed by atoms with van der Waals surface area (Å²) in [5.41, 5.74) is 1.68. The third-order valence-corrected chi connectivity index (χ3v) is 9.73. The first-order chi connectivity index (χ1) is 17.2. The van der Waals surface area contributed by atoms with Crippen molar-refractivity contribution in [2.45, 2.75) is 37.0 Å². The number of benzene rings is 1. The molecular formula is C23H19ClF2N6O2S2. The first-order valence-electron chi connectivity index (χ1n) is 11.2. The number of sulfonamides is 1. The number of aryl methyl sites for hydroxylation is 1. The number of hydrogen-bond acceptors (Lipinski definition) is 7. The maximum atomic E-state index is 13.3. The summed E-state index contributed by atoms with van der Waals surface area (Å²) in [5.74, 6) is 0.597. The molecule has 6 rings (SSSR count). The molecule has 8 nitrogen and oxygen atoms in total. The number of aromatic nitrogens is 5. The minimum Gasteiger partial charge on any atom is -0.236 e. The van der Waals surface area contributed by atoms with E-state index >= 15 is 0 Å². The van der Waals surface area contributed by atoms with Gasteiger partial charge in [0, 0.05) is 29.4 Å². The van der Waals surface area contributed by atoms with Crippen LogP contribution in [0, 0.1) is 6.92 Å². The Balaban J connectivity index is 1.30. The van der Waals surface area contributed by atoms with E-state index in [4.69, 9.17) is 16.6 Å². The number of rotatable bonds is 4. The maximum Gasteiger partial charge on any atom is 0.280 e. The highest BCUT2D eigenvalue weighted by atomic mass is 35.5. The molecule has 0 aliphatic carbocycles. The Labute approximate surface area is 213 Å². The van der Waals surface area contributed by atoms with Gasteiger partial charge in [0.2, 0.25) is 10.0 Å². The Morgan fingerprint density at radius 1 is 1.14 bits per heavy atom. The Kier molecular flexibility index (Phi) is 5.67. The van der Waals surface area contributed by atoms with Crippen molar-refractivity contribution in [3.8, 4) is 0 Å². The largest absolute Gasteiger partial charge is 0.280 e. The van der Waals surface area contributed by atoms with Crippen molar-refractivity contribution in [2.24, 2.45) is 0 Å². The van der Waals surface area contributed by atoms with Crippen molar-refractivity contribution in [3.05, 3.63) is 58.8 Å². The monoisotopic (exact) mass is 548 g/mol. The minimum absolute atomic E-state index is 0.0173. The molecule has 1 aliphatic rings. The molecular weight excluding hydrogens is 530 g/mol. The van der Waals surface area contributed by atoms with Crippen LogP contribution in [0.15, 0.2) is 41.6 Å². The van der Waals surface area contributed by atoms with Crippen molar-refractivity contribution in [3.63, 3.8) is 0 Å². The molecule has 0 amide bonds. The highest BCUT2D eigenvalue weighted by molar-refractivity contribution is 7.89. The van der Waals surface area contributed by atoms with Crippen LogP contribution in [0.1, 0.15) is 42.3 Å². The summed E-state index contributed by atoms with van der Waals surface area (Å²) < 4.78 is 56.3. The van der Waals surface area contributed by atoms with E-state index in [1.807, 2.05) is 0 Å². The molecule has 1 saturated heterocycles. The van der Waals surface area contributed by atoms with Crippen LogP contribution in [0.4, 0.5) is 8.78 Å². The molecule has 36 heavy (non-hydrogen) atoms. The number of piperidine rings is 1. The van der Waals surface area contributed by atoms with E-state index in [1.165, 1.54) is 33.8 Å². The lowest BCUT2D eigenvalue weighted by molar-refractivity contribution is 0.146. The quantitative estimate of drug-likeness (QED) is 0.300. The summed E-state index contributed by atoms with van der Waals surface area (Å²) in [4.78, 5) is 14.1. The van der Waals surface area contributed by atoms with Crippen LogP contribution >= 0.6 is 22.9 Å². The Morgan fingerprint density at radius 3 is 2.56 bits per heavy atom. The number of pyridine rings is 1. The molecule has 1 fully saturated rings. The van der Waals surface area contributed by atoms with E-state index < -0.39 is 16.4 Å². The zero-order chi connectivity index (χ0) is 25.2. The van der Waals surface area contributed by atoms with Crippen LogP contribution < -0.4 is 0 Å². The van der Waals surface area contributed by atoms with Gasteiger partial charge in [0.25, 0.3) is 6.43 Å². The predicted octanol–water partition coefficient (Wildman–Crippen LogP) is 5.35. The van der Waals surface area contributed by atoms with Gasteiger partial charge in [-0.25, -0.2) is 36.7 Å².